The summed E-state index contributed by atoms with van der Waals surface area (Å²) >= 11 is 15.8. The second-order valence-electron chi connectivity index (χ2n) is 14.5. The number of carbonyl (C=O) groups excluding carboxylic acids is 3. The van der Waals surface area contributed by atoms with E-state index < -0.39 is 12.0 Å². The molecule has 1 aliphatic heterocycles. The van der Waals surface area contributed by atoms with Crippen LogP contribution in [0.1, 0.15) is 64.0 Å². The lowest BCUT2D eigenvalue weighted by atomic mass is 9.99. The van der Waals surface area contributed by atoms with Crippen molar-refractivity contribution in [3.63, 3.8) is 0 Å². The molecule has 0 bridgehead atoms. The monoisotopic (exact) mass is 948 g/mol. The molecule has 0 spiro atoms. The van der Waals surface area contributed by atoms with Crippen LogP contribution in [0.5, 0.6) is 5.75 Å². The van der Waals surface area contributed by atoms with Crippen molar-refractivity contribution in [2.45, 2.75) is 59.7 Å². The average molecular weight is 950 g/mol. The van der Waals surface area contributed by atoms with Crippen molar-refractivity contribution in [3.8, 4) is 21.3 Å². The van der Waals surface area contributed by atoms with Crippen LogP contribution in [0.3, 0.4) is 0 Å². The molecule has 0 fully saturated rings. The lowest BCUT2D eigenvalue weighted by molar-refractivity contribution is -0.143. The number of ether oxygens (including phenoxy) is 4. The highest BCUT2D eigenvalue weighted by atomic mass is 35.5. The van der Waals surface area contributed by atoms with E-state index in [0.29, 0.717) is 83.2 Å². The highest BCUT2D eigenvalue weighted by molar-refractivity contribution is 7.15. The lowest BCUT2D eigenvalue weighted by Crippen LogP contribution is -2.31. The van der Waals surface area contributed by atoms with Crippen LogP contribution >= 0.6 is 45.9 Å². The Morgan fingerprint density at radius 2 is 1.67 bits per heavy atom. The zero-order valence-electron chi connectivity index (χ0n) is 35.6. The van der Waals surface area contributed by atoms with E-state index in [-0.39, 0.29) is 44.4 Å². The first-order valence-corrected chi connectivity index (χ1v) is 22.9. The summed E-state index contributed by atoms with van der Waals surface area (Å²) in [4.78, 5) is 47.9. The Morgan fingerprint density at radius 1 is 0.891 bits per heavy atom. The third kappa shape index (κ3) is 11.8. The normalized spacial score (nSPS) is 13.2. The second kappa shape index (κ2) is 21.9. The van der Waals surface area contributed by atoms with Gasteiger partial charge < -0.3 is 29.6 Å². The quantitative estimate of drug-likeness (QED) is 0.0612. The standard InChI is InChI=1S/C43H46Cl2N10O7S2/c1-5-61-38(58)22-47-36(56)18-30-24-63-42(48-30)33-11-10-32(19-34(33)45)62-17-16-60-15-14-59-13-12-54-23-31(51-53-54)21-46-37(57)20-35-41-52-50-27(4)55(41)43-39(25(2)26(3)64-43)40(49-35)28-6-8-29(44)9-7-28/h6-11,19,23-24,35H,5,12-18,20-22H2,1-4H3,(H,46,57)(H,47,56)/t35-/m0/s1. The van der Waals surface area contributed by atoms with Crippen molar-refractivity contribution >= 4 is 69.4 Å². The summed E-state index contributed by atoms with van der Waals surface area (Å²) in [7, 11) is 0. The Labute approximate surface area is 387 Å². The maximum Gasteiger partial charge on any atom is 0.325 e. The van der Waals surface area contributed by atoms with Gasteiger partial charge in [0.1, 0.15) is 46.5 Å². The zero-order valence-corrected chi connectivity index (χ0v) is 38.7. The lowest BCUT2D eigenvalue weighted by Gasteiger charge is -2.13. The molecule has 2 aromatic carbocycles. The average Bonchev–Trinajstić information content (AvgIpc) is 4.07. The van der Waals surface area contributed by atoms with E-state index in [9.17, 15) is 14.4 Å². The first kappa shape index (κ1) is 46.4. The number of thiophene rings is 1. The summed E-state index contributed by atoms with van der Waals surface area (Å²) in [6.45, 7) is 10.3. The first-order valence-electron chi connectivity index (χ1n) is 20.4. The highest BCUT2D eigenvalue weighted by Gasteiger charge is 2.32. The van der Waals surface area contributed by atoms with Crippen molar-refractivity contribution in [2.24, 2.45) is 4.99 Å². The van der Waals surface area contributed by atoms with Crippen LogP contribution in [0.15, 0.2) is 59.0 Å². The van der Waals surface area contributed by atoms with E-state index in [4.69, 9.17) is 47.1 Å². The summed E-state index contributed by atoms with van der Waals surface area (Å²) in [6, 6.07) is 12.3. The third-order valence-corrected chi connectivity index (χ3v) is 12.6. The second-order valence-corrected chi connectivity index (χ2v) is 17.4. The molecule has 4 aromatic heterocycles. The highest BCUT2D eigenvalue weighted by Crippen LogP contribution is 2.40. The van der Waals surface area contributed by atoms with Crippen LogP contribution in [0.2, 0.25) is 10.0 Å². The number of esters is 1. The van der Waals surface area contributed by atoms with Gasteiger partial charge in [-0.15, -0.1) is 38.0 Å². The number of rotatable bonds is 21. The molecular formula is C43H46Cl2N10O7S2. The number of amides is 2. The summed E-state index contributed by atoms with van der Waals surface area (Å²) in [6.07, 6.45) is 1.86. The van der Waals surface area contributed by atoms with Crippen LogP contribution in [-0.4, -0.2) is 104 Å². The molecule has 17 nitrogen and oxygen atoms in total. The van der Waals surface area contributed by atoms with Gasteiger partial charge in [0.25, 0.3) is 0 Å². The van der Waals surface area contributed by atoms with Crippen molar-refractivity contribution < 1.29 is 33.3 Å². The number of aromatic nitrogens is 7. The first-order chi connectivity index (χ1) is 31.0. The van der Waals surface area contributed by atoms with Gasteiger partial charge in [-0.3, -0.25) is 23.9 Å². The van der Waals surface area contributed by atoms with Gasteiger partial charge >= 0.3 is 5.97 Å². The van der Waals surface area contributed by atoms with E-state index in [1.807, 2.05) is 41.8 Å². The molecule has 6 aromatic rings. The molecule has 7 rings (SSSR count). The molecule has 5 heterocycles. The SMILES string of the molecule is CCOC(=O)CNC(=O)Cc1csc(-c2ccc(OCCOCCOCCn3cc(CNC(=O)C[C@@H]4N=C(c5ccc(Cl)cc5)c5c(sc(C)c5C)-n5c(C)nnc54)nn3)cc2Cl)n1. The van der Waals surface area contributed by atoms with Crippen molar-refractivity contribution in [1.29, 1.82) is 0 Å². The Hall–Kier alpha value is -5.57. The number of fused-ring (bicyclic) bond motifs is 3. The summed E-state index contributed by atoms with van der Waals surface area (Å²) in [5.41, 5.74) is 5.70. The third-order valence-electron chi connectivity index (χ3n) is 9.92. The van der Waals surface area contributed by atoms with Gasteiger partial charge in [-0.25, -0.2) is 9.67 Å². The van der Waals surface area contributed by atoms with Gasteiger partial charge in [0.15, 0.2) is 5.82 Å². The number of aliphatic imine (C=N–C) groups is 1. The van der Waals surface area contributed by atoms with Gasteiger partial charge in [-0.1, -0.05) is 40.5 Å². The van der Waals surface area contributed by atoms with Gasteiger partial charge in [-0.2, -0.15) is 0 Å². The van der Waals surface area contributed by atoms with Gasteiger partial charge in [0.2, 0.25) is 11.8 Å². The fourth-order valence-electron chi connectivity index (χ4n) is 6.68. The number of nitrogens with zero attached hydrogens (tertiary/aromatic N) is 8. The molecule has 0 saturated heterocycles. The fraction of sp³-hybridized carbons (Fsp3) is 0.372. The molecule has 1 atom stereocenters. The van der Waals surface area contributed by atoms with Crippen LogP contribution in [0.25, 0.3) is 15.6 Å². The summed E-state index contributed by atoms with van der Waals surface area (Å²) < 4.78 is 25.7. The van der Waals surface area contributed by atoms with Gasteiger partial charge in [-0.05, 0) is 63.6 Å². The van der Waals surface area contributed by atoms with Crippen molar-refractivity contribution in [1.82, 2.24) is 45.4 Å². The molecule has 2 N–H and O–H groups in total. The zero-order chi connectivity index (χ0) is 45.2. The Balaban J connectivity index is 0.799. The van der Waals surface area contributed by atoms with Crippen LogP contribution in [0, 0.1) is 20.8 Å². The van der Waals surface area contributed by atoms with Crippen LogP contribution in [0.4, 0.5) is 0 Å². The van der Waals surface area contributed by atoms with Crippen molar-refractivity contribution in [2.75, 3.05) is 46.2 Å². The molecule has 21 heteroatoms. The summed E-state index contributed by atoms with van der Waals surface area (Å²) in [5.74, 6) is 0.880. The summed E-state index contributed by atoms with van der Waals surface area (Å²) in [5, 5.41) is 27.3. The molecular weight excluding hydrogens is 904 g/mol. The molecule has 64 heavy (non-hydrogen) atoms. The predicted octanol–water partition coefficient (Wildman–Crippen LogP) is 6.21. The van der Waals surface area contributed by atoms with E-state index in [2.05, 4.69) is 50.0 Å². The fourth-order valence-corrected chi connectivity index (χ4v) is 9.19. The molecule has 2 amide bonds. The molecule has 0 aliphatic carbocycles. The minimum Gasteiger partial charge on any atom is -0.491 e. The number of benzene rings is 2. The van der Waals surface area contributed by atoms with E-state index in [1.54, 1.807) is 46.7 Å². The van der Waals surface area contributed by atoms with Crippen molar-refractivity contribution in [3.05, 3.63) is 109 Å². The number of carbonyl (C=O) groups is 3. The van der Waals surface area contributed by atoms with Crippen LogP contribution < -0.4 is 15.4 Å². The maximum atomic E-state index is 13.4. The Bertz CT molecular complexity index is 2620. The predicted molar refractivity (Wildman–Crippen MR) is 243 cm³/mol. The Morgan fingerprint density at radius 3 is 2.45 bits per heavy atom. The number of thiazole rings is 1. The minimum absolute atomic E-state index is 0.0306. The number of hydrogen-bond donors (Lipinski definition) is 2. The molecule has 336 valence electrons. The van der Waals surface area contributed by atoms with E-state index in [1.165, 1.54) is 16.2 Å². The van der Waals surface area contributed by atoms with Gasteiger partial charge in [0, 0.05) is 32.0 Å². The minimum atomic E-state index is -0.583. The van der Waals surface area contributed by atoms with Gasteiger partial charge in [0.05, 0.1) is 81.6 Å². The smallest absolute Gasteiger partial charge is 0.325 e. The number of halogens is 2. The van der Waals surface area contributed by atoms with E-state index >= 15 is 0 Å². The molecule has 1 aliphatic rings. The Kier molecular flexibility index (Phi) is 15.9. The number of hydrogen-bond acceptors (Lipinski definition) is 15. The number of nitrogens with one attached hydrogen (secondary N) is 2. The topological polar surface area (TPSA) is 199 Å². The largest absolute Gasteiger partial charge is 0.491 e. The van der Waals surface area contributed by atoms with E-state index in [0.717, 1.165) is 33.2 Å². The maximum absolute atomic E-state index is 13.4. The molecule has 0 unspecified atom stereocenters. The molecule has 0 saturated carbocycles. The van der Waals surface area contributed by atoms with Crippen LogP contribution in [-0.2, 0) is 48.1 Å². The number of aryl methyl sites for hydroxylation is 2. The molecule has 0 radical (unpaired) electrons.